The lowest BCUT2D eigenvalue weighted by atomic mass is 9.78. The van der Waals surface area contributed by atoms with E-state index in [2.05, 4.69) is 26.2 Å². The molecule has 0 spiro atoms. The molecule has 1 aliphatic heterocycles. The number of benzene rings is 1. The average molecular weight is 330 g/mol. The number of amides is 1. The monoisotopic (exact) mass is 330 g/mol. The lowest BCUT2D eigenvalue weighted by Crippen LogP contribution is -2.47. The van der Waals surface area contributed by atoms with Gasteiger partial charge in [0.05, 0.1) is 17.7 Å². The van der Waals surface area contributed by atoms with Crippen molar-refractivity contribution in [2.75, 3.05) is 32.1 Å². The third kappa shape index (κ3) is 3.29. The van der Waals surface area contributed by atoms with Gasteiger partial charge >= 0.3 is 0 Å². The van der Waals surface area contributed by atoms with Crippen LogP contribution in [-0.2, 0) is 9.53 Å². The molecule has 128 valence electrons. The standard InChI is InChI=1S/C16H22N6O2/c1-12-19-20-21-22(12)14-5-3-4-13(10-14)18-15(23)16(11-24-2)6-8-17-9-7-16/h3-5,10,17H,6-9,11H2,1-2H3,(H,18,23). The fourth-order valence-corrected chi connectivity index (χ4v) is 3.07. The number of aromatic nitrogens is 4. The minimum absolute atomic E-state index is 0.00330. The Kier molecular flexibility index (Phi) is 4.86. The Labute approximate surface area is 140 Å². The zero-order valence-electron chi connectivity index (χ0n) is 14.0. The van der Waals surface area contributed by atoms with Gasteiger partial charge in [-0.1, -0.05) is 6.07 Å². The Bertz CT molecular complexity index is 703. The van der Waals surface area contributed by atoms with Crippen LogP contribution in [0.4, 0.5) is 5.69 Å². The summed E-state index contributed by atoms with van der Waals surface area (Å²) in [5, 5.41) is 17.8. The van der Waals surface area contributed by atoms with Gasteiger partial charge in [-0.25, -0.2) is 0 Å². The summed E-state index contributed by atoms with van der Waals surface area (Å²) >= 11 is 0. The molecule has 1 saturated heterocycles. The molecule has 24 heavy (non-hydrogen) atoms. The fourth-order valence-electron chi connectivity index (χ4n) is 3.07. The molecule has 0 unspecified atom stereocenters. The van der Waals surface area contributed by atoms with Gasteiger partial charge in [-0.15, -0.1) is 5.10 Å². The summed E-state index contributed by atoms with van der Waals surface area (Å²) in [4.78, 5) is 12.9. The molecule has 1 fully saturated rings. The Hall–Kier alpha value is -2.32. The number of tetrazole rings is 1. The van der Waals surface area contributed by atoms with E-state index in [9.17, 15) is 4.79 Å². The summed E-state index contributed by atoms with van der Waals surface area (Å²) in [6.45, 7) is 3.89. The van der Waals surface area contributed by atoms with Crippen molar-refractivity contribution in [2.45, 2.75) is 19.8 Å². The van der Waals surface area contributed by atoms with Crippen molar-refractivity contribution in [1.82, 2.24) is 25.5 Å². The quantitative estimate of drug-likeness (QED) is 0.847. The number of carbonyl (C=O) groups excluding carboxylic acids is 1. The van der Waals surface area contributed by atoms with Crippen molar-refractivity contribution in [2.24, 2.45) is 5.41 Å². The summed E-state index contributed by atoms with van der Waals surface area (Å²) in [6, 6.07) is 7.50. The number of piperidine rings is 1. The summed E-state index contributed by atoms with van der Waals surface area (Å²) < 4.78 is 6.95. The van der Waals surface area contributed by atoms with E-state index >= 15 is 0 Å². The highest BCUT2D eigenvalue weighted by Crippen LogP contribution is 2.31. The third-order valence-corrected chi connectivity index (χ3v) is 4.44. The van der Waals surface area contributed by atoms with Crippen LogP contribution in [0.25, 0.3) is 5.69 Å². The molecule has 2 aromatic rings. The van der Waals surface area contributed by atoms with E-state index in [0.717, 1.165) is 37.3 Å². The molecule has 0 atom stereocenters. The van der Waals surface area contributed by atoms with Gasteiger partial charge in [0.25, 0.3) is 0 Å². The minimum atomic E-state index is -0.485. The van der Waals surface area contributed by atoms with E-state index in [0.29, 0.717) is 12.4 Å². The van der Waals surface area contributed by atoms with Crippen molar-refractivity contribution in [3.05, 3.63) is 30.1 Å². The van der Waals surface area contributed by atoms with E-state index < -0.39 is 5.41 Å². The van der Waals surface area contributed by atoms with E-state index in [-0.39, 0.29) is 5.91 Å². The molecule has 0 bridgehead atoms. The van der Waals surface area contributed by atoms with E-state index in [1.54, 1.807) is 11.8 Å². The fraction of sp³-hybridized carbons (Fsp3) is 0.500. The SMILES string of the molecule is COCC1(C(=O)Nc2cccc(-n3nnnc3C)c2)CCNCC1. The molecule has 8 heteroatoms. The van der Waals surface area contributed by atoms with Gasteiger partial charge in [0, 0.05) is 12.8 Å². The molecule has 0 aliphatic carbocycles. The van der Waals surface area contributed by atoms with Gasteiger partial charge in [0.15, 0.2) is 5.82 Å². The first-order chi connectivity index (χ1) is 11.6. The van der Waals surface area contributed by atoms with E-state index in [1.807, 2.05) is 31.2 Å². The molecule has 1 aromatic heterocycles. The highest BCUT2D eigenvalue weighted by molar-refractivity contribution is 5.95. The normalized spacial score (nSPS) is 16.8. The van der Waals surface area contributed by atoms with Crippen LogP contribution >= 0.6 is 0 Å². The minimum Gasteiger partial charge on any atom is -0.384 e. The van der Waals surface area contributed by atoms with Crippen LogP contribution < -0.4 is 10.6 Å². The van der Waals surface area contributed by atoms with Crippen LogP contribution in [0, 0.1) is 12.3 Å². The summed E-state index contributed by atoms with van der Waals surface area (Å²) in [6.07, 6.45) is 1.52. The van der Waals surface area contributed by atoms with Crippen molar-refractivity contribution < 1.29 is 9.53 Å². The lowest BCUT2D eigenvalue weighted by molar-refractivity contribution is -0.130. The second-order valence-corrected chi connectivity index (χ2v) is 6.11. The molecule has 1 amide bonds. The molecule has 1 aromatic carbocycles. The summed E-state index contributed by atoms with van der Waals surface area (Å²) in [5.74, 6) is 0.684. The maximum Gasteiger partial charge on any atom is 0.233 e. The van der Waals surface area contributed by atoms with Crippen molar-refractivity contribution in [1.29, 1.82) is 0 Å². The summed E-state index contributed by atoms with van der Waals surface area (Å²) in [7, 11) is 1.64. The number of ether oxygens (including phenoxy) is 1. The van der Waals surface area contributed by atoms with Crippen LogP contribution in [0.1, 0.15) is 18.7 Å². The number of hydrogen-bond donors (Lipinski definition) is 2. The number of hydrogen-bond acceptors (Lipinski definition) is 6. The van der Waals surface area contributed by atoms with Crippen LogP contribution in [0.3, 0.4) is 0 Å². The first-order valence-electron chi connectivity index (χ1n) is 8.01. The molecule has 2 heterocycles. The highest BCUT2D eigenvalue weighted by Gasteiger charge is 2.39. The van der Waals surface area contributed by atoms with Crippen LogP contribution in [0.15, 0.2) is 24.3 Å². The largest absolute Gasteiger partial charge is 0.384 e. The maximum absolute atomic E-state index is 12.9. The molecule has 8 nitrogen and oxygen atoms in total. The first-order valence-corrected chi connectivity index (χ1v) is 8.01. The number of rotatable bonds is 5. The van der Waals surface area contributed by atoms with Crippen molar-refractivity contribution >= 4 is 11.6 Å². The van der Waals surface area contributed by atoms with Crippen molar-refractivity contribution in [3.63, 3.8) is 0 Å². The zero-order chi connectivity index (χ0) is 17.0. The molecular formula is C16H22N6O2. The number of methoxy groups -OCH3 is 1. The van der Waals surface area contributed by atoms with Gasteiger partial charge in [-0.3, -0.25) is 4.79 Å². The smallest absolute Gasteiger partial charge is 0.233 e. The Balaban J connectivity index is 1.80. The van der Waals surface area contributed by atoms with Gasteiger partial charge in [-0.2, -0.15) is 4.68 Å². The molecule has 2 N–H and O–H groups in total. The predicted octanol–water partition coefficient (Wildman–Crippen LogP) is 0.925. The average Bonchev–Trinajstić information content (AvgIpc) is 3.02. The van der Waals surface area contributed by atoms with Crippen LogP contribution in [0.5, 0.6) is 0 Å². The zero-order valence-corrected chi connectivity index (χ0v) is 14.0. The molecule has 1 aliphatic rings. The number of nitrogens with zero attached hydrogens (tertiary/aromatic N) is 4. The number of aryl methyl sites for hydroxylation is 1. The maximum atomic E-state index is 12.9. The summed E-state index contributed by atoms with van der Waals surface area (Å²) in [5.41, 5.74) is 1.04. The van der Waals surface area contributed by atoms with E-state index in [4.69, 9.17) is 4.74 Å². The van der Waals surface area contributed by atoms with Gasteiger partial charge in [-0.05, 0) is 61.5 Å². The predicted molar refractivity (Wildman–Crippen MR) is 88.9 cm³/mol. The van der Waals surface area contributed by atoms with Gasteiger partial charge < -0.3 is 15.4 Å². The Morgan fingerprint density at radius 3 is 2.88 bits per heavy atom. The number of anilines is 1. The van der Waals surface area contributed by atoms with Crippen molar-refractivity contribution in [3.8, 4) is 5.69 Å². The molecule has 0 radical (unpaired) electrons. The molecular weight excluding hydrogens is 308 g/mol. The lowest BCUT2D eigenvalue weighted by Gasteiger charge is -2.35. The van der Waals surface area contributed by atoms with E-state index in [1.165, 1.54) is 0 Å². The topological polar surface area (TPSA) is 94.0 Å². The molecule has 3 rings (SSSR count). The Morgan fingerprint density at radius 2 is 2.21 bits per heavy atom. The third-order valence-electron chi connectivity index (χ3n) is 4.44. The molecule has 0 saturated carbocycles. The van der Waals surface area contributed by atoms with Crippen LogP contribution in [-0.4, -0.2) is 52.9 Å². The van der Waals surface area contributed by atoms with Gasteiger partial charge in [0.2, 0.25) is 5.91 Å². The Morgan fingerprint density at radius 1 is 1.42 bits per heavy atom. The second kappa shape index (κ2) is 7.06. The van der Waals surface area contributed by atoms with Crippen LogP contribution in [0.2, 0.25) is 0 Å². The highest BCUT2D eigenvalue weighted by atomic mass is 16.5. The second-order valence-electron chi connectivity index (χ2n) is 6.11. The van der Waals surface area contributed by atoms with Gasteiger partial charge in [0.1, 0.15) is 0 Å². The number of nitrogens with one attached hydrogen (secondary N) is 2. The first kappa shape index (κ1) is 16.5. The number of carbonyl (C=O) groups is 1.